The molecular formula is C15H19N3. The number of aromatic nitrogens is 2. The van der Waals surface area contributed by atoms with Crippen LogP contribution in [0.2, 0.25) is 0 Å². The molecule has 2 aromatic rings. The molecule has 1 N–H and O–H groups in total. The molecule has 18 heavy (non-hydrogen) atoms. The van der Waals surface area contributed by atoms with Gasteiger partial charge in [-0.15, -0.1) is 0 Å². The van der Waals surface area contributed by atoms with Crippen LogP contribution in [0.3, 0.4) is 0 Å². The zero-order valence-corrected chi connectivity index (χ0v) is 10.7. The average molecular weight is 241 g/mol. The van der Waals surface area contributed by atoms with Gasteiger partial charge in [0.25, 0.3) is 0 Å². The topological polar surface area (TPSA) is 29.9 Å². The Balaban J connectivity index is 1.95. The summed E-state index contributed by atoms with van der Waals surface area (Å²) in [6, 6.07) is 12.9. The van der Waals surface area contributed by atoms with E-state index in [2.05, 4.69) is 45.4 Å². The van der Waals surface area contributed by atoms with E-state index in [9.17, 15) is 0 Å². The first-order valence-electron chi connectivity index (χ1n) is 6.67. The van der Waals surface area contributed by atoms with Crippen molar-refractivity contribution in [1.82, 2.24) is 15.1 Å². The smallest absolute Gasteiger partial charge is 0.0649 e. The Morgan fingerprint density at radius 1 is 1.22 bits per heavy atom. The number of nitrogens with zero attached hydrogens (tertiary/aromatic N) is 2. The van der Waals surface area contributed by atoms with Crippen molar-refractivity contribution >= 4 is 0 Å². The standard InChI is InChI=1S/C15H19N3/c1-16-15(12-6-5-7-12)14-10-11-17-18(14)13-8-3-2-4-9-13/h2-4,8-12,15-16H,5-7H2,1H3. The van der Waals surface area contributed by atoms with Gasteiger partial charge in [-0.1, -0.05) is 24.6 Å². The lowest BCUT2D eigenvalue weighted by Gasteiger charge is -2.33. The van der Waals surface area contributed by atoms with E-state index >= 15 is 0 Å². The van der Waals surface area contributed by atoms with Crippen LogP contribution in [0, 0.1) is 5.92 Å². The highest BCUT2D eigenvalue weighted by Gasteiger charge is 2.29. The molecule has 1 aliphatic carbocycles. The van der Waals surface area contributed by atoms with Crippen LogP contribution in [0.25, 0.3) is 5.69 Å². The number of benzene rings is 1. The summed E-state index contributed by atoms with van der Waals surface area (Å²) in [4.78, 5) is 0. The largest absolute Gasteiger partial charge is 0.311 e. The van der Waals surface area contributed by atoms with Crippen LogP contribution in [-0.4, -0.2) is 16.8 Å². The van der Waals surface area contributed by atoms with Gasteiger partial charge in [0.1, 0.15) is 0 Å². The fraction of sp³-hybridized carbons (Fsp3) is 0.400. The zero-order valence-electron chi connectivity index (χ0n) is 10.7. The number of para-hydroxylation sites is 1. The lowest BCUT2D eigenvalue weighted by atomic mass is 9.78. The van der Waals surface area contributed by atoms with Gasteiger partial charge in [-0.05, 0) is 44.0 Å². The minimum Gasteiger partial charge on any atom is -0.311 e. The third kappa shape index (κ3) is 1.95. The van der Waals surface area contributed by atoms with Gasteiger partial charge in [0.05, 0.1) is 17.4 Å². The Bertz CT molecular complexity index is 499. The first-order valence-corrected chi connectivity index (χ1v) is 6.67. The van der Waals surface area contributed by atoms with Gasteiger partial charge in [0.2, 0.25) is 0 Å². The van der Waals surface area contributed by atoms with Gasteiger partial charge in [0, 0.05) is 6.20 Å². The Kier molecular flexibility index (Phi) is 3.15. The summed E-state index contributed by atoms with van der Waals surface area (Å²) in [5.74, 6) is 0.758. The molecule has 0 radical (unpaired) electrons. The van der Waals surface area contributed by atoms with Crippen molar-refractivity contribution < 1.29 is 0 Å². The summed E-state index contributed by atoms with van der Waals surface area (Å²) >= 11 is 0. The number of hydrogen-bond acceptors (Lipinski definition) is 2. The average Bonchev–Trinajstić information content (AvgIpc) is 2.83. The molecule has 0 saturated heterocycles. The van der Waals surface area contributed by atoms with Crippen LogP contribution in [0.4, 0.5) is 0 Å². The van der Waals surface area contributed by atoms with E-state index in [1.165, 1.54) is 25.0 Å². The van der Waals surface area contributed by atoms with Crippen molar-refractivity contribution in [3.05, 3.63) is 48.3 Å². The third-order valence-corrected chi connectivity index (χ3v) is 3.92. The molecule has 1 unspecified atom stereocenters. The van der Waals surface area contributed by atoms with Gasteiger partial charge in [-0.3, -0.25) is 0 Å². The van der Waals surface area contributed by atoms with Crippen LogP contribution < -0.4 is 5.32 Å². The quantitative estimate of drug-likeness (QED) is 0.892. The second kappa shape index (κ2) is 4.94. The van der Waals surface area contributed by atoms with Crippen molar-refractivity contribution in [1.29, 1.82) is 0 Å². The predicted octanol–water partition coefficient (Wildman–Crippen LogP) is 2.93. The lowest BCUT2D eigenvalue weighted by molar-refractivity contribution is 0.233. The zero-order chi connectivity index (χ0) is 12.4. The Hall–Kier alpha value is -1.61. The Morgan fingerprint density at radius 2 is 2.00 bits per heavy atom. The van der Waals surface area contributed by atoms with Crippen LogP contribution in [0.5, 0.6) is 0 Å². The monoisotopic (exact) mass is 241 g/mol. The fourth-order valence-corrected chi connectivity index (χ4v) is 2.73. The van der Waals surface area contributed by atoms with Crippen molar-refractivity contribution in [3.63, 3.8) is 0 Å². The summed E-state index contributed by atoms with van der Waals surface area (Å²) in [5, 5.41) is 7.93. The van der Waals surface area contributed by atoms with Crippen LogP contribution in [-0.2, 0) is 0 Å². The van der Waals surface area contributed by atoms with Crippen molar-refractivity contribution in [2.75, 3.05) is 7.05 Å². The van der Waals surface area contributed by atoms with Gasteiger partial charge < -0.3 is 5.32 Å². The van der Waals surface area contributed by atoms with Gasteiger partial charge in [0.15, 0.2) is 0 Å². The molecule has 0 spiro atoms. The Labute approximate surface area is 108 Å². The fourth-order valence-electron chi connectivity index (χ4n) is 2.73. The second-order valence-corrected chi connectivity index (χ2v) is 4.96. The van der Waals surface area contributed by atoms with E-state index in [4.69, 9.17) is 0 Å². The molecule has 0 aliphatic heterocycles. The van der Waals surface area contributed by atoms with E-state index in [0.29, 0.717) is 6.04 Å². The van der Waals surface area contributed by atoms with E-state index < -0.39 is 0 Å². The molecule has 1 aliphatic rings. The maximum absolute atomic E-state index is 4.47. The molecule has 94 valence electrons. The first kappa shape index (κ1) is 11.5. The highest BCUT2D eigenvalue weighted by atomic mass is 15.3. The van der Waals surface area contributed by atoms with Gasteiger partial charge in [-0.25, -0.2) is 4.68 Å². The number of hydrogen-bond donors (Lipinski definition) is 1. The highest BCUT2D eigenvalue weighted by Crippen LogP contribution is 2.37. The first-order chi connectivity index (χ1) is 8.90. The van der Waals surface area contributed by atoms with Crippen LogP contribution >= 0.6 is 0 Å². The molecule has 3 heteroatoms. The molecule has 3 rings (SSSR count). The second-order valence-electron chi connectivity index (χ2n) is 4.96. The maximum atomic E-state index is 4.47. The molecule has 3 nitrogen and oxygen atoms in total. The predicted molar refractivity (Wildman–Crippen MR) is 72.7 cm³/mol. The molecule has 0 bridgehead atoms. The summed E-state index contributed by atoms with van der Waals surface area (Å²) in [6.45, 7) is 0. The number of nitrogens with one attached hydrogen (secondary N) is 1. The number of rotatable bonds is 4. The van der Waals surface area contributed by atoms with Gasteiger partial charge in [-0.2, -0.15) is 5.10 Å². The molecule has 1 heterocycles. The summed E-state index contributed by atoms with van der Waals surface area (Å²) in [7, 11) is 2.05. The van der Waals surface area contributed by atoms with Gasteiger partial charge >= 0.3 is 0 Å². The third-order valence-electron chi connectivity index (χ3n) is 3.92. The van der Waals surface area contributed by atoms with Crippen LogP contribution in [0.1, 0.15) is 31.0 Å². The maximum Gasteiger partial charge on any atom is 0.0649 e. The summed E-state index contributed by atoms with van der Waals surface area (Å²) in [6.07, 6.45) is 5.91. The van der Waals surface area contributed by atoms with E-state index in [1.54, 1.807) is 0 Å². The molecular weight excluding hydrogens is 222 g/mol. The molecule has 0 amide bonds. The molecule has 1 fully saturated rings. The van der Waals surface area contributed by atoms with Crippen LogP contribution in [0.15, 0.2) is 42.6 Å². The minimum absolute atomic E-state index is 0.418. The Morgan fingerprint density at radius 3 is 2.61 bits per heavy atom. The molecule has 1 atom stereocenters. The van der Waals surface area contributed by atoms with Crippen molar-refractivity contribution in [2.45, 2.75) is 25.3 Å². The summed E-state index contributed by atoms with van der Waals surface area (Å²) < 4.78 is 2.06. The van der Waals surface area contributed by atoms with Crippen molar-refractivity contribution in [3.8, 4) is 5.69 Å². The van der Waals surface area contributed by atoms with E-state index in [0.717, 1.165) is 11.6 Å². The molecule has 1 aromatic carbocycles. The van der Waals surface area contributed by atoms with E-state index in [-0.39, 0.29) is 0 Å². The minimum atomic E-state index is 0.418. The van der Waals surface area contributed by atoms with Crippen molar-refractivity contribution in [2.24, 2.45) is 5.92 Å². The van der Waals surface area contributed by atoms with E-state index in [1.807, 2.05) is 19.3 Å². The SMILES string of the molecule is CNC(c1ccnn1-c1ccccc1)C1CCC1. The normalized spacial score (nSPS) is 17.4. The molecule has 1 saturated carbocycles. The molecule has 1 aromatic heterocycles. The lowest BCUT2D eigenvalue weighted by Crippen LogP contribution is -2.31. The summed E-state index contributed by atoms with van der Waals surface area (Å²) in [5.41, 5.74) is 2.41. The highest BCUT2D eigenvalue weighted by molar-refractivity contribution is 5.33.